The molecule has 1 fully saturated rings. The Hall–Kier alpha value is -2.30. The molecule has 0 aliphatic carbocycles. The molecule has 1 aromatic carbocycles. The van der Waals surface area contributed by atoms with E-state index in [1.165, 1.54) is 22.5 Å². The fourth-order valence-corrected chi connectivity index (χ4v) is 4.70. The molecule has 0 radical (unpaired) electrons. The fraction of sp³-hybridized carbons (Fsp3) is 0.471. The summed E-state index contributed by atoms with van der Waals surface area (Å²) < 4.78 is 28.9. The summed E-state index contributed by atoms with van der Waals surface area (Å²) in [5.41, 5.74) is 2.05. The maximum absolute atomic E-state index is 12.8. The quantitative estimate of drug-likeness (QED) is 0.546. The highest BCUT2D eigenvalue weighted by atomic mass is 32.2. The predicted octanol–water partition coefficient (Wildman–Crippen LogP) is 1.63. The van der Waals surface area contributed by atoms with Crippen molar-refractivity contribution in [3.8, 4) is 0 Å². The van der Waals surface area contributed by atoms with Gasteiger partial charge in [-0.15, -0.1) is 0 Å². The highest BCUT2D eigenvalue weighted by molar-refractivity contribution is 7.89. The van der Waals surface area contributed by atoms with Gasteiger partial charge in [0.2, 0.25) is 10.0 Å². The second-order valence-corrected chi connectivity index (χ2v) is 8.44. The minimum absolute atomic E-state index is 0.0368. The van der Waals surface area contributed by atoms with Gasteiger partial charge in [-0.3, -0.25) is 19.7 Å². The Balaban J connectivity index is 1.66. The molecule has 10 heteroatoms. The molecule has 0 N–H and O–H groups in total. The number of hydrogen-bond acceptors (Lipinski definition) is 6. The van der Waals surface area contributed by atoms with Gasteiger partial charge in [0.15, 0.2) is 0 Å². The van der Waals surface area contributed by atoms with Crippen molar-refractivity contribution in [3.05, 3.63) is 51.8 Å². The standard InChI is InChI=1S/C17H23N5O4S/c1-3-21-14(2)15(12-18-21)13-19-7-9-20(10-8-19)27(25,26)17-6-4-5-16(11-17)22(23)24/h4-6,11-12H,3,7-10,13H2,1-2H3. The molecule has 1 saturated heterocycles. The largest absolute Gasteiger partial charge is 0.296 e. The summed E-state index contributed by atoms with van der Waals surface area (Å²) >= 11 is 0. The van der Waals surface area contributed by atoms with Crippen LogP contribution in [0.5, 0.6) is 0 Å². The lowest BCUT2D eigenvalue weighted by Crippen LogP contribution is -2.48. The number of piperazine rings is 1. The lowest BCUT2D eigenvalue weighted by molar-refractivity contribution is -0.385. The van der Waals surface area contributed by atoms with E-state index in [2.05, 4.69) is 10.00 Å². The zero-order valence-electron chi connectivity index (χ0n) is 15.4. The molecule has 0 bridgehead atoms. The molecule has 0 spiro atoms. The molecule has 9 nitrogen and oxygen atoms in total. The van der Waals surface area contributed by atoms with Crippen molar-refractivity contribution in [3.63, 3.8) is 0 Å². The van der Waals surface area contributed by atoms with Crippen molar-refractivity contribution in [1.82, 2.24) is 19.0 Å². The van der Waals surface area contributed by atoms with Crippen LogP contribution in [0.15, 0.2) is 35.4 Å². The lowest BCUT2D eigenvalue weighted by Gasteiger charge is -2.33. The molecule has 27 heavy (non-hydrogen) atoms. The zero-order chi connectivity index (χ0) is 19.6. The molecule has 1 aliphatic heterocycles. The lowest BCUT2D eigenvalue weighted by atomic mass is 10.2. The molecule has 146 valence electrons. The van der Waals surface area contributed by atoms with E-state index >= 15 is 0 Å². The van der Waals surface area contributed by atoms with Crippen molar-refractivity contribution in [2.75, 3.05) is 26.2 Å². The normalized spacial score (nSPS) is 16.5. The Morgan fingerprint density at radius 1 is 1.22 bits per heavy atom. The van der Waals surface area contributed by atoms with Gasteiger partial charge in [0.25, 0.3) is 5.69 Å². The summed E-state index contributed by atoms with van der Waals surface area (Å²) in [6.07, 6.45) is 1.87. The molecule has 0 saturated carbocycles. The smallest absolute Gasteiger partial charge is 0.270 e. The Bertz CT molecular complexity index is 933. The van der Waals surface area contributed by atoms with Gasteiger partial charge in [-0.25, -0.2) is 8.42 Å². The number of non-ortho nitro benzene ring substituents is 1. The first kappa shape index (κ1) is 19.5. The van der Waals surface area contributed by atoms with Gasteiger partial charge in [-0.2, -0.15) is 9.40 Å². The van der Waals surface area contributed by atoms with E-state index in [0.29, 0.717) is 26.2 Å². The van der Waals surface area contributed by atoms with Crippen LogP contribution in [0.3, 0.4) is 0 Å². The van der Waals surface area contributed by atoms with E-state index in [4.69, 9.17) is 0 Å². The maximum Gasteiger partial charge on any atom is 0.270 e. The average Bonchev–Trinajstić information content (AvgIpc) is 3.02. The van der Waals surface area contributed by atoms with Crippen molar-refractivity contribution in [2.24, 2.45) is 0 Å². The summed E-state index contributed by atoms with van der Waals surface area (Å²) in [6, 6.07) is 5.20. The van der Waals surface area contributed by atoms with Crippen LogP contribution >= 0.6 is 0 Å². The van der Waals surface area contributed by atoms with Crippen LogP contribution in [0.1, 0.15) is 18.2 Å². The van der Waals surface area contributed by atoms with Gasteiger partial charge in [-0.05, 0) is 19.9 Å². The first-order valence-corrected chi connectivity index (χ1v) is 10.2. The summed E-state index contributed by atoms with van der Waals surface area (Å²) in [7, 11) is -3.74. The maximum atomic E-state index is 12.8. The van der Waals surface area contributed by atoms with Gasteiger partial charge in [0, 0.05) is 62.7 Å². The summed E-state index contributed by atoms with van der Waals surface area (Å²) in [4.78, 5) is 12.5. The zero-order valence-corrected chi connectivity index (χ0v) is 16.2. The number of aryl methyl sites for hydroxylation is 1. The molecule has 1 aliphatic rings. The fourth-order valence-electron chi connectivity index (χ4n) is 3.23. The first-order chi connectivity index (χ1) is 12.8. The number of hydrogen-bond donors (Lipinski definition) is 0. The Labute approximate surface area is 158 Å². The second-order valence-electron chi connectivity index (χ2n) is 6.51. The molecule has 2 heterocycles. The van der Waals surface area contributed by atoms with E-state index in [-0.39, 0.29) is 10.6 Å². The number of rotatable bonds is 6. The van der Waals surface area contributed by atoms with Crippen LogP contribution in [0.2, 0.25) is 0 Å². The number of nitro groups is 1. The summed E-state index contributed by atoms with van der Waals surface area (Å²) in [5.74, 6) is 0. The van der Waals surface area contributed by atoms with E-state index in [1.54, 1.807) is 0 Å². The highest BCUT2D eigenvalue weighted by Crippen LogP contribution is 2.22. The van der Waals surface area contributed by atoms with Gasteiger partial charge in [-0.1, -0.05) is 6.07 Å². The van der Waals surface area contributed by atoms with Crippen LogP contribution in [0, 0.1) is 17.0 Å². The second kappa shape index (κ2) is 7.75. The third-order valence-electron chi connectivity index (χ3n) is 4.90. The molecule has 1 aromatic heterocycles. The Kier molecular flexibility index (Phi) is 5.59. The van der Waals surface area contributed by atoms with Crippen molar-refractivity contribution < 1.29 is 13.3 Å². The van der Waals surface area contributed by atoms with Crippen LogP contribution < -0.4 is 0 Å². The van der Waals surface area contributed by atoms with E-state index < -0.39 is 14.9 Å². The van der Waals surface area contributed by atoms with Gasteiger partial charge in [0.05, 0.1) is 16.0 Å². The van der Waals surface area contributed by atoms with Crippen LogP contribution in [0.4, 0.5) is 5.69 Å². The van der Waals surface area contributed by atoms with Crippen LogP contribution in [-0.4, -0.2) is 58.5 Å². The number of sulfonamides is 1. The number of aromatic nitrogens is 2. The highest BCUT2D eigenvalue weighted by Gasteiger charge is 2.29. The van der Waals surface area contributed by atoms with Crippen LogP contribution in [-0.2, 0) is 23.1 Å². The third kappa shape index (κ3) is 4.02. The topological polar surface area (TPSA) is 102 Å². The SMILES string of the molecule is CCn1ncc(CN2CCN(S(=O)(=O)c3cccc([N+](=O)[O-])c3)CC2)c1C. The molecule has 0 atom stereocenters. The van der Waals surface area contributed by atoms with Crippen molar-refractivity contribution >= 4 is 15.7 Å². The number of benzene rings is 1. The molecular formula is C17H23N5O4S. The number of nitrogens with zero attached hydrogens (tertiary/aromatic N) is 5. The molecule has 0 unspecified atom stereocenters. The summed E-state index contributed by atoms with van der Waals surface area (Å²) in [5, 5.41) is 15.3. The predicted molar refractivity (Wildman–Crippen MR) is 99.8 cm³/mol. The third-order valence-corrected chi connectivity index (χ3v) is 6.79. The van der Waals surface area contributed by atoms with Crippen molar-refractivity contribution in [1.29, 1.82) is 0 Å². The van der Waals surface area contributed by atoms with Crippen molar-refractivity contribution in [2.45, 2.75) is 31.8 Å². The van der Waals surface area contributed by atoms with Gasteiger partial charge >= 0.3 is 0 Å². The molecule has 2 aromatic rings. The minimum Gasteiger partial charge on any atom is -0.296 e. The first-order valence-electron chi connectivity index (χ1n) is 8.81. The van der Waals surface area contributed by atoms with E-state index in [0.717, 1.165) is 30.4 Å². The molecular weight excluding hydrogens is 370 g/mol. The Morgan fingerprint density at radius 3 is 2.52 bits per heavy atom. The van der Waals surface area contributed by atoms with E-state index in [1.807, 2.05) is 24.7 Å². The summed E-state index contributed by atoms with van der Waals surface area (Å²) in [6.45, 7) is 7.54. The average molecular weight is 393 g/mol. The van der Waals surface area contributed by atoms with E-state index in [9.17, 15) is 18.5 Å². The van der Waals surface area contributed by atoms with Gasteiger partial charge < -0.3 is 0 Å². The van der Waals surface area contributed by atoms with Gasteiger partial charge in [0.1, 0.15) is 0 Å². The van der Waals surface area contributed by atoms with Crippen LogP contribution in [0.25, 0.3) is 0 Å². The monoisotopic (exact) mass is 393 g/mol. The number of nitro benzene ring substituents is 1. The Morgan fingerprint density at radius 2 is 1.93 bits per heavy atom. The molecule has 3 rings (SSSR count). The molecule has 0 amide bonds. The minimum atomic E-state index is -3.74.